The Hall–Kier alpha value is 0.1000. The van der Waals surface area contributed by atoms with E-state index in [1.165, 1.54) is 18.4 Å². The fraction of sp³-hybridized carbons (Fsp3) is 0.500. The smallest absolute Gasteiger partial charge is 0.0206 e. The molecule has 1 aliphatic rings. The molecule has 1 aliphatic carbocycles. The van der Waals surface area contributed by atoms with Gasteiger partial charge in [0.05, 0.1) is 0 Å². The number of rotatable bonds is 6. The third-order valence-corrected chi connectivity index (χ3v) is 3.48. The van der Waals surface area contributed by atoms with Crippen LogP contribution in [-0.2, 0) is 6.54 Å². The average Bonchev–Trinajstić information content (AvgIpc) is 2.99. The maximum Gasteiger partial charge on any atom is 0.0206 e. The first kappa shape index (κ1) is 12.6. The number of hydrogen-bond donors (Lipinski definition) is 2. The first-order valence-electron chi connectivity index (χ1n) is 5.63. The molecule has 0 heterocycles. The van der Waals surface area contributed by atoms with Crippen LogP contribution in [0.4, 0.5) is 0 Å². The van der Waals surface area contributed by atoms with Gasteiger partial charge < -0.3 is 10.6 Å². The number of nitrogens with one attached hydrogen (secondary N) is 2. The maximum atomic E-state index is 3.49. The van der Waals surface area contributed by atoms with Crippen LogP contribution < -0.4 is 10.6 Å². The highest BCUT2D eigenvalue weighted by atomic mass is 79.9. The molecule has 2 rings (SSSR count). The van der Waals surface area contributed by atoms with E-state index >= 15 is 0 Å². The van der Waals surface area contributed by atoms with Crippen LogP contribution in [0.25, 0.3) is 0 Å². The fourth-order valence-electron chi connectivity index (χ4n) is 1.60. The minimum atomic E-state index is 0.807. The zero-order valence-electron chi connectivity index (χ0n) is 9.10. The number of benzene rings is 1. The Kier molecular flexibility index (Phi) is 4.82. The molecule has 0 atom stereocenters. The van der Waals surface area contributed by atoms with Gasteiger partial charge in [0.15, 0.2) is 0 Å². The largest absolute Gasteiger partial charge is 0.313 e. The van der Waals surface area contributed by atoms with Gasteiger partial charge in [-0.05, 0) is 36.6 Å². The summed E-state index contributed by atoms with van der Waals surface area (Å²) in [4.78, 5) is 0. The van der Waals surface area contributed by atoms with Crippen molar-refractivity contribution < 1.29 is 0 Å². The molecule has 2 N–H and O–H groups in total. The SMILES string of the molecule is Brc1cc(Br)cc(CNCCNC2CC2)c1. The van der Waals surface area contributed by atoms with E-state index in [0.717, 1.165) is 34.6 Å². The second-order valence-electron chi connectivity index (χ2n) is 4.18. The molecular weight excluding hydrogens is 332 g/mol. The Balaban J connectivity index is 1.67. The summed E-state index contributed by atoms with van der Waals surface area (Å²) in [7, 11) is 0. The quantitative estimate of drug-likeness (QED) is 0.773. The van der Waals surface area contributed by atoms with Gasteiger partial charge in [-0.2, -0.15) is 0 Å². The molecule has 1 aromatic carbocycles. The standard InChI is InChI=1S/C12H16Br2N2/c13-10-5-9(6-11(14)7-10)8-15-3-4-16-12-1-2-12/h5-7,12,15-16H,1-4,8H2. The number of halogens is 2. The van der Waals surface area contributed by atoms with Gasteiger partial charge in [-0.25, -0.2) is 0 Å². The monoisotopic (exact) mass is 346 g/mol. The van der Waals surface area contributed by atoms with Crippen LogP contribution in [0.3, 0.4) is 0 Å². The minimum absolute atomic E-state index is 0.807. The Morgan fingerprint density at radius 1 is 1.06 bits per heavy atom. The zero-order valence-corrected chi connectivity index (χ0v) is 12.3. The summed E-state index contributed by atoms with van der Waals surface area (Å²) in [6.45, 7) is 3.02. The molecule has 0 spiro atoms. The highest BCUT2D eigenvalue weighted by Gasteiger charge is 2.19. The highest BCUT2D eigenvalue weighted by molar-refractivity contribution is 9.11. The van der Waals surface area contributed by atoms with Crippen molar-refractivity contribution in [3.63, 3.8) is 0 Å². The van der Waals surface area contributed by atoms with Crippen molar-refractivity contribution in [1.82, 2.24) is 10.6 Å². The Morgan fingerprint density at radius 3 is 2.38 bits per heavy atom. The lowest BCUT2D eigenvalue weighted by molar-refractivity contribution is 0.608. The second kappa shape index (κ2) is 6.15. The van der Waals surface area contributed by atoms with Gasteiger partial charge in [-0.1, -0.05) is 31.9 Å². The van der Waals surface area contributed by atoms with E-state index in [0.29, 0.717) is 0 Å². The van der Waals surface area contributed by atoms with Crippen LogP contribution in [0.2, 0.25) is 0 Å². The van der Waals surface area contributed by atoms with Crippen LogP contribution in [-0.4, -0.2) is 19.1 Å². The Labute approximate surface area is 113 Å². The molecule has 1 fully saturated rings. The molecule has 0 saturated heterocycles. The Morgan fingerprint density at radius 2 is 1.75 bits per heavy atom. The fourth-order valence-corrected chi connectivity index (χ4v) is 2.99. The predicted octanol–water partition coefficient (Wildman–Crippen LogP) is 3.05. The summed E-state index contributed by atoms with van der Waals surface area (Å²) < 4.78 is 2.24. The summed E-state index contributed by atoms with van der Waals surface area (Å²) in [6.07, 6.45) is 2.72. The van der Waals surface area contributed by atoms with Crippen molar-refractivity contribution in [1.29, 1.82) is 0 Å². The normalized spacial score (nSPS) is 15.4. The molecule has 0 aromatic heterocycles. The van der Waals surface area contributed by atoms with E-state index < -0.39 is 0 Å². The molecule has 0 unspecified atom stereocenters. The average molecular weight is 348 g/mol. The second-order valence-corrected chi connectivity index (χ2v) is 6.01. The Bertz CT molecular complexity index is 331. The van der Waals surface area contributed by atoms with Crippen LogP contribution in [0.15, 0.2) is 27.1 Å². The van der Waals surface area contributed by atoms with E-state index in [1.807, 2.05) is 0 Å². The van der Waals surface area contributed by atoms with Gasteiger partial charge in [0.1, 0.15) is 0 Å². The van der Waals surface area contributed by atoms with Crippen LogP contribution in [0, 0.1) is 0 Å². The zero-order chi connectivity index (χ0) is 11.4. The van der Waals surface area contributed by atoms with Gasteiger partial charge in [0, 0.05) is 34.6 Å². The van der Waals surface area contributed by atoms with Crippen LogP contribution in [0.1, 0.15) is 18.4 Å². The van der Waals surface area contributed by atoms with E-state index in [-0.39, 0.29) is 0 Å². The van der Waals surface area contributed by atoms with Crippen LogP contribution in [0.5, 0.6) is 0 Å². The summed E-state index contributed by atoms with van der Waals surface area (Å²) in [5, 5.41) is 6.92. The molecule has 0 bridgehead atoms. The first-order chi connectivity index (χ1) is 7.74. The molecule has 2 nitrogen and oxygen atoms in total. The van der Waals surface area contributed by atoms with Gasteiger partial charge in [-0.15, -0.1) is 0 Å². The van der Waals surface area contributed by atoms with Crippen molar-refractivity contribution in [3.8, 4) is 0 Å². The summed E-state index contributed by atoms with van der Waals surface area (Å²) in [6, 6.07) is 7.15. The van der Waals surface area contributed by atoms with Crippen molar-refractivity contribution in [3.05, 3.63) is 32.7 Å². The molecule has 1 aromatic rings. The van der Waals surface area contributed by atoms with Crippen molar-refractivity contribution in [2.75, 3.05) is 13.1 Å². The lowest BCUT2D eigenvalue weighted by Crippen LogP contribution is -2.28. The third-order valence-electron chi connectivity index (χ3n) is 2.56. The lowest BCUT2D eigenvalue weighted by Gasteiger charge is -2.07. The summed E-state index contributed by atoms with van der Waals surface area (Å²) in [5.74, 6) is 0. The van der Waals surface area contributed by atoms with Crippen LogP contribution >= 0.6 is 31.9 Å². The summed E-state index contributed by atoms with van der Waals surface area (Å²) >= 11 is 6.99. The maximum absolute atomic E-state index is 3.49. The molecule has 0 aliphatic heterocycles. The van der Waals surface area contributed by atoms with E-state index in [9.17, 15) is 0 Å². The molecule has 1 saturated carbocycles. The first-order valence-corrected chi connectivity index (χ1v) is 7.22. The third kappa shape index (κ3) is 4.53. The predicted molar refractivity (Wildman–Crippen MR) is 74.6 cm³/mol. The topological polar surface area (TPSA) is 24.1 Å². The molecule has 4 heteroatoms. The summed E-state index contributed by atoms with van der Waals surface area (Å²) in [5.41, 5.74) is 1.30. The molecule has 0 amide bonds. The highest BCUT2D eigenvalue weighted by Crippen LogP contribution is 2.20. The van der Waals surface area contributed by atoms with Gasteiger partial charge in [0.25, 0.3) is 0 Å². The number of hydrogen-bond acceptors (Lipinski definition) is 2. The van der Waals surface area contributed by atoms with Gasteiger partial charge >= 0.3 is 0 Å². The van der Waals surface area contributed by atoms with Crippen molar-refractivity contribution in [2.24, 2.45) is 0 Å². The lowest BCUT2D eigenvalue weighted by atomic mass is 10.2. The molecule has 88 valence electrons. The van der Waals surface area contributed by atoms with E-state index in [4.69, 9.17) is 0 Å². The van der Waals surface area contributed by atoms with Gasteiger partial charge in [-0.3, -0.25) is 0 Å². The molecular formula is C12H16Br2N2. The van der Waals surface area contributed by atoms with Crippen molar-refractivity contribution in [2.45, 2.75) is 25.4 Å². The van der Waals surface area contributed by atoms with E-state index in [2.05, 4.69) is 60.7 Å². The molecule has 0 radical (unpaired) electrons. The van der Waals surface area contributed by atoms with Crippen molar-refractivity contribution >= 4 is 31.9 Å². The molecule has 16 heavy (non-hydrogen) atoms. The van der Waals surface area contributed by atoms with Gasteiger partial charge in [0.2, 0.25) is 0 Å². The van der Waals surface area contributed by atoms with E-state index in [1.54, 1.807) is 0 Å². The minimum Gasteiger partial charge on any atom is -0.313 e.